The topological polar surface area (TPSA) is 103 Å². The molecule has 28 heavy (non-hydrogen) atoms. The average molecular weight is 404 g/mol. The number of carbonyl (C=O) groups excluding carboxylic acids is 1. The summed E-state index contributed by atoms with van der Waals surface area (Å²) < 4.78 is 5.49. The van der Waals surface area contributed by atoms with Crippen LogP contribution >= 0.6 is 11.8 Å². The van der Waals surface area contributed by atoms with Crippen molar-refractivity contribution in [2.75, 3.05) is 24.0 Å². The fourth-order valence-electron chi connectivity index (χ4n) is 2.71. The molecule has 3 rings (SSSR count). The van der Waals surface area contributed by atoms with Crippen LogP contribution in [0, 0.1) is 0 Å². The highest BCUT2D eigenvalue weighted by molar-refractivity contribution is 7.98. The minimum Gasteiger partial charge on any atom is -0.444 e. The first-order valence-corrected chi connectivity index (χ1v) is 10.2. The summed E-state index contributed by atoms with van der Waals surface area (Å²) in [4.78, 5) is 28.9. The summed E-state index contributed by atoms with van der Waals surface area (Å²) in [6, 6.07) is 7.29. The Labute approximate surface area is 168 Å². The van der Waals surface area contributed by atoms with Gasteiger partial charge in [-0.25, -0.2) is 15.3 Å². The van der Waals surface area contributed by atoms with Gasteiger partial charge in [-0.05, 0) is 39.2 Å². The molecule has 1 aromatic heterocycles. The van der Waals surface area contributed by atoms with Crippen LogP contribution in [0.3, 0.4) is 0 Å². The van der Waals surface area contributed by atoms with Crippen LogP contribution in [-0.2, 0) is 17.7 Å². The molecule has 0 fully saturated rings. The molecule has 1 aromatic carbocycles. The second-order valence-corrected chi connectivity index (χ2v) is 8.16. The quantitative estimate of drug-likeness (QED) is 0.346. The van der Waals surface area contributed by atoms with Gasteiger partial charge in [0.1, 0.15) is 5.60 Å². The number of ether oxygens (including phenoxy) is 1. The first kappa shape index (κ1) is 20.1. The molecule has 1 amide bonds. The maximum absolute atomic E-state index is 12.5. The maximum Gasteiger partial charge on any atom is 0.410 e. The summed E-state index contributed by atoms with van der Waals surface area (Å²) in [6.07, 6.45) is 2.15. The van der Waals surface area contributed by atoms with E-state index in [1.54, 1.807) is 11.0 Å². The largest absolute Gasteiger partial charge is 0.444 e. The standard InChI is InChI=1S/C19H25N5O3S/c1-19(2,3)26-18(25)24-10-9-14-12(11-24)16(22-17(21-14)28-4)27-23-15-8-6-5-7-13(15)20/h5-8,23H,9-11,20H2,1-4H3. The molecule has 0 unspecified atom stereocenters. The molecule has 0 atom stereocenters. The normalized spacial score (nSPS) is 13.6. The van der Waals surface area contributed by atoms with E-state index in [-0.39, 0.29) is 6.09 Å². The van der Waals surface area contributed by atoms with Crippen molar-refractivity contribution in [3.63, 3.8) is 0 Å². The van der Waals surface area contributed by atoms with E-state index in [1.807, 2.05) is 45.2 Å². The van der Waals surface area contributed by atoms with Gasteiger partial charge in [-0.1, -0.05) is 23.9 Å². The van der Waals surface area contributed by atoms with Crippen molar-refractivity contribution in [2.45, 2.75) is 44.5 Å². The van der Waals surface area contributed by atoms with Crippen LogP contribution in [-0.4, -0.2) is 39.4 Å². The number of nitrogens with two attached hydrogens (primary N) is 1. The Morgan fingerprint density at radius 1 is 1.29 bits per heavy atom. The van der Waals surface area contributed by atoms with Crippen LogP contribution in [0.1, 0.15) is 32.0 Å². The number of benzene rings is 1. The van der Waals surface area contributed by atoms with Crippen LogP contribution in [0.25, 0.3) is 0 Å². The lowest BCUT2D eigenvalue weighted by atomic mass is 10.1. The Morgan fingerprint density at radius 2 is 2.04 bits per heavy atom. The molecule has 0 saturated carbocycles. The summed E-state index contributed by atoms with van der Waals surface area (Å²) in [7, 11) is 0. The van der Waals surface area contributed by atoms with E-state index >= 15 is 0 Å². The Balaban J connectivity index is 1.83. The molecule has 0 bridgehead atoms. The lowest BCUT2D eigenvalue weighted by Crippen LogP contribution is -2.40. The highest BCUT2D eigenvalue weighted by atomic mass is 32.2. The highest BCUT2D eigenvalue weighted by Gasteiger charge is 2.29. The highest BCUT2D eigenvalue weighted by Crippen LogP contribution is 2.29. The minimum atomic E-state index is -0.553. The third-order valence-electron chi connectivity index (χ3n) is 4.05. The lowest BCUT2D eigenvalue weighted by molar-refractivity contribution is 0.0220. The number of nitrogens with zero attached hydrogens (tertiary/aromatic N) is 3. The van der Waals surface area contributed by atoms with Crippen LogP contribution in [0.2, 0.25) is 0 Å². The smallest absolute Gasteiger partial charge is 0.410 e. The molecule has 0 spiro atoms. The third-order valence-corrected chi connectivity index (χ3v) is 4.60. The minimum absolute atomic E-state index is 0.320. The molecule has 2 heterocycles. The van der Waals surface area contributed by atoms with Crippen molar-refractivity contribution in [3.05, 3.63) is 35.5 Å². The van der Waals surface area contributed by atoms with Crippen molar-refractivity contribution >= 4 is 29.2 Å². The summed E-state index contributed by atoms with van der Waals surface area (Å²) >= 11 is 1.44. The van der Waals surface area contributed by atoms with E-state index < -0.39 is 5.60 Å². The monoisotopic (exact) mass is 403 g/mol. The number of carbonyl (C=O) groups is 1. The molecule has 0 aliphatic carbocycles. The zero-order valence-corrected chi connectivity index (χ0v) is 17.3. The number of fused-ring (bicyclic) bond motifs is 1. The van der Waals surface area contributed by atoms with Gasteiger partial charge in [0.25, 0.3) is 5.88 Å². The fourth-order valence-corrected chi connectivity index (χ4v) is 3.09. The van der Waals surface area contributed by atoms with E-state index in [1.165, 1.54) is 11.8 Å². The number of anilines is 2. The second-order valence-electron chi connectivity index (χ2n) is 7.38. The summed E-state index contributed by atoms with van der Waals surface area (Å²) in [5.41, 5.74) is 11.1. The van der Waals surface area contributed by atoms with Crippen LogP contribution in [0.5, 0.6) is 5.88 Å². The number of thioether (sulfide) groups is 1. The Kier molecular flexibility index (Phi) is 5.83. The molecule has 1 aliphatic heterocycles. The first-order valence-electron chi connectivity index (χ1n) is 8.96. The summed E-state index contributed by atoms with van der Waals surface area (Å²) in [5, 5.41) is 0.613. The van der Waals surface area contributed by atoms with Crippen LogP contribution in [0.15, 0.2) is 29.4 Å². The number of nitrogens with one attached hydrogen (secondary N) is 1. The van der Waals surface area contributed by atoms with Gasteiger partial charge in [-0.2, -0.15) is 4.98 Å². The van der Waals surface area contributed by atoms with E-state index in [4.69, 9.17) is 15.3 Å². The maximum atomic E-state index is 12.5. The van der Waals surface area contributed by atoms with E-state index in [2.05, 4.69) is 15.4 Å². The predicted molar refractivity (Wildman–Crippen MR) is 109 cm³/mol. The number of hydrogen-bond donors (Lipinski definition) is 2. The van der Waals surface area contributed by atoms with Gasteiger partial charge in [0.15, 0.2) is 5.16 Å². The predicted octanol–water partition coefficient (Wildman–Crippen LogP) is 3.48. The number of hydrogen-bond acceptors (Lipinski definition) is 8. The van der Waals surface area contributed by atoms with Crippen molar-refractivity contribution in [2.24, 2.45) is 0 Å². The van der Waals surface area contributed by atoms with Gasteiger partial charge in [0.05, 0.1) is 29.2 Å². The number of aromatic nitrogens is 2. The SMILES string of the molecule is CSc1nc2c(c(ONc3ccccc3N)n1)CN(C(=O)OC(C)(C)C)CC2. The number of para-hydroxylation sites is 2. The van der Waals surface area contributed by atoms with Gasteiger partial charge in [-0.15, -0.1) is 0 Å². The number of rotatable bonds is 4. The van der Waals surface area contributed by atoms with Crippen molar-refractivity contribution in [1.82, 2.24) is 14.9 Å². The molecule has 2 aromatic rings. The van der Waals surface area contributed by atoms with E-state index in [0.717, 1.165) is 11.3 Å². The van der Waals surface area contributed by atoms with E-state index in [9.17, 15) is 4.79 Å². The summed E-state index contributed by atoms with van der Waals surface area (Å²) in [5.74, 6) is 0.380. The zero-order chi connectivity index (χ0) is 20.3. The van der Waals surface area contributed by atoms with Gasteiger partial charge in [0.2, 0.25) is 0 Å². The molecule has 3 N–H and O–H groups in total. The van der Waals surface area contributed by atoms with Crippen LogP contribution < -0.4 is 16.1 Å². The molecule has 150 valence electrons. The van der Waals surface area contributed by atoms with Gasteiger partial charge < -0.3 is 20.2 Å². The Bertz CT molecular complexity index is 869. The molecular weight excluding hydrogens is 378 g/mol. The lowest BCUT2D eigenvalue weighted by Gasteiger charge is -2.31. The third kappa shape index (κ3) is 4.78. The van der Waals surface area contributed by atoms with Gasteiger partial charge in [-0.3, -0.25) is 0 Å². The average Bonchev–Trinajstić information content (AvgIpc) is 2.65. The van der Waals surface area contributed by atoms with Crippen molar-refractivity contribution < 1.29 is 14.4 Å². The number of nitrogen functional groups attached to an aromatic ring is 1. The summed E-state index contributed by atoms with van der Waals surface area (Å²) in [6.45, 7) is 6.39. The van der Waals surface area contributed by atoms with Gasteiger partial charge in [0, 0.05) is 13.0 Å². The van der Waals surface area contributed by atoms with E-state index in [0.29, 0.717) is 41.9 Å². The molecule has 0 radical (unpaired) electrons. The Morgan fingerprint density at radius 3 is 2.71 bits per heavy atom. The van der Waals surface area contributed by atoms with Crippen molar-refractivity contribution in [3.8, 4) is 5.88 Å². The molecule has 8 nitrogen and oxygen atoms in total. The molecular formula is C19H25N5O3S. The molecule has 9 heteroatoms. The van der Waals surface area contributed by atoms with Crippen LogP contribution in [0.4, 0.5) is 16.2 Å². The molecule has 1 aliphatic rings. The Hall–Kier alpha value is -2.68. The molecule has 0 saturated heterocycles. The van der Waals surface area contributed by atoms with Gasteiger partial charge >= 0.3 is 6.09 Å². The first-order chi connectivity index (χ1) is 13.3. The zero-order valence-electron chi connectivity index (χ0n) is 16.5. The fraction of sp³-hybridized carbons (Fsp3) is 0.421. The second kappa shape index (κ2) is 8.14. The van der Waals surface area contributed by atoms with Crippen molar-refractivity contribution in [1.29, 1.82) is 0 Å². The number of amides is 1.